The highest BCUT2D eigenvalue weighted by Gasteiger charge is 2.26. The molecule has 0 aromatic heterocycles. The van der Waals surface area contributed by atoms with E-state index in [1.807, 2.05) is 6.07 Å². The number of fused-ring (bicyclic) bond motifs is 1. The molecule has 1 N–H and O–H groups in total. The molecule has 2 heteroatoms. The van der Waals surface area contributed by atoms with Crippen LogP contribution < -0.4 is 5.32 Å². The molecule has 70 valence electrons. The molecule has 0 saturated heterocycles. The Morgan fingerprint density at radius 2 is 2.15 bits per heavy atom. The van der Waals surface area contributed by atoms with Gasteiger partial charge in [0.1, 0.15) is 5.82 Å². The van der Waals surface area contributed by atoms with Crippen molar-refractivity contribution in [2.24, 2.45) is 0 Å². The fourth-order valence-corrected chi connectivity index (χ4v) is 1.90. The first-order valence-corrected chi connectivity index (χ1v) is 4.63. The molecule has 1 aliphatic heterocycles. The average molecular weight is 179 g/mol. The highest BCUT2D eigenvalue weighted by molar-refractivity contribution is 5.56. The summed E-state index contributed by atoms with van der Waals surface area (Å²) in [4.78, 5) is 0. The van der Waals surface area contributed by atoms with Crippen LogP contribution >= 0.6 is 0 Å². The van der Waals surface area contributed by atoms with Gasteiger partial charge in [-0.05, 0) is 29.5 Å². The van der Waals surface area contributed by atoms with Gasteiger partial charge in [0.2, 0.25) is 0 Å². The van der Waals surface area contributed by atoms with Crippen molar-refractivity contribution in [3.05, 3.63) is 29.6 Å². The van der Waals surface area contributed by atoms with Crippen LogP contribution in [0.25, 0.3) is 0 Å². The molecule has 0 fully saturated rings. The molecule has 1 aliphatic rings. The fraction of sp³-hybridized carbons (Fsp3) is 0.455. The highest BCUT2D eigenvalue weighted by Crippen LogP contribution is 2.36. The summed E-state index contributed by atoms with van der Waals surface area (Å²) in [6, 6.07) is 5.00. The van der Waals surface area contributed by atoms with Gasteiger partial charge in [-0.2, -0.15) is 0 Å². The van der Waals surface area contributed by atoms with Crippen LogP contribution in [-0.2, 0) is 5.41 Å². The number of hydrogen-bond donors (Lipinski definition) is 1. The third-order valence-corrected chi connectivity index (χ3v) is 2.78. The van der Waals surface area contributed by atoms with Crippen LogP contribution in [0.4, 0.5) is 10.1 Å². The second-order valence-corrected chi connectivity index (χ2v) is 4.25. The van der Waals surface area contributed by atoms with Gasteiger partial charge in [0, 0.05) is 12.2 Å². The Morgan fingerprint density at radius 3 is 2.92 bits per heavy atom. The third-order valence-electron chi connectivity index (χ3n) is 2.78. The van der Waals surface area contributed by atoms with E-state index in [4.69, 9.17) is 0 Å². The number of halogens is 1. The van der Waals surface area contributed by atoms with E-state index in [-0.39, 0.29) is 11.2 Å². The van der Waals surface area contributed by atoms with Gasteiger partial charge in [0.05, 0.1) is 0 Å². The molecule has 1 aromatic carbocycles. The Hall–Kier alpha value is -1.05. The normalized spacial score (nSPS) is 19.0. The Morgan fingerprint density at radius 1 is 1.38 bits per heavy atom. The molecule has 0 spiro atoms. The maximum absolute atomic E-state index is 12.9. The lowest BCUT2D eigenvalue weighted by Gasteiger charge is -2.33. The molecular formula is C11H14FN. The van der Waals surface area contributed by atoms with Crippen LogP contribution in [0.15, 0.2) is 18.2 Å². The van der Waals surface area contributed by atoms with Crippen molar-refractivity contribution in [1.29, 1.82) is 0 Å². The summed E-state index contributed by atoms with van der Waals surface area (Å²) in [6.45, 7) is 5.33. The summed E-state index contributed by atoms with van der Waals surface area (Å²) in [6.07, 6.45) is 1.10. The topological polar surface area (TPSA) is 12.0 Å². The zero-order valence-electron chi connectivity index (χ0n) is 8.02. The van der Waals surface area contributed by atoms with Crippen molar-refractivity contribution < 1.29 is 4.39 Å². The van der Waals surface area contributed by atoms with E-state index in [2.05, 4.69) is 19.2 Å². The minimum atomic E-state index is -0.163. The van der Waals surface area contributed by atoms with Crippen molar-refractivity contribution >= 4 is 5.69 Å². The lowest BCUT2D eigenvalue weighted by molar-refractivity contribution is 0.480. The number of anilines is 1. The molecule has 0 saturated carbocycles. The van der Waals surface area contributed by atoms with E-state index in [1.165, 1.54) is 11.6 Å². The molecule has 0 amide bonds. The molecule has 0 radical (unpaired) electrons. The molecule has 13 heavy (non-hydrogen) atoms. The van der Waals surface area contributed by atoms with Gasteiger partial charge in [-0.3, -0.25) is 0 Å². The average Bonchev–Trinajstić information content (AvgIpc) is 2.02. The summed E-state index contributed by atoms with van der Waals surface area (Å²) in [5.41, 5.74) is 2.35. The quantitative estimate of drug-likeness (QED) is 0.645. The van der Waals surface area contributed by atoms with Crippen LogP contribution in [0.3, 0.4) is 0 Å². The van der Waals surface area contributed by atoms with Crippen LogP contribution in [0.1, 0.15) is 25.8 Å². The predicted octanol–water partition coefficient (Wildman–Crippen LogP) is 2.92. The lowest BCUT2D eigenvalue weighted by Crippen LogP contribution is -2.28. The summed E-state index contributed by atoms with van der Waals surface area (Å²) in [7, 11) is 0. The van der Waals surface area contributed by atoms with E-state index in [9.17, 15) is 4.39 Å². The van der Waals surface area contributed by atoms with Crippen LogP contribution in [0, 0.1) is 5.82 Å². The Kier molecular flexibility index (Phi) is 1.79. The summed E-state index contributed by atoms with van der Waals surface area (Å²) in [5.74, 6) is -0.163. The number of nitrogens with one attached hydrogen (secondary N) is 1. The predicted molar refractivity (Wildman–Crippen MR) is 52.5 cm³/mol. The third kappa shape index (κ3) is 1.41. The minimum Gasteiger partial charge on any atom is -0.385 e. The molecule has 0 unspecified atom stereocenters. The van der Waals surface area contributed by atoms with Crippen LogP contribution in [-0.4, -0.2) is 6.54 Å². The molecule has 1 nitrogen and oxygen atoms in total. The minimum absolute atomic E-state index is 0.163. The first-order valence-electron chi connectivity index (χ1n) is 4.63. The summed E-state index contributed by atoms with van der Waals surface area (Å²) >= 11 is 0. The first-order chi connectivity index (χ1) is 6.09. The van der Waals surface area contributed by atoms with Gasteiger partial charge in [-0.15, -0.1) is 0 Å². The summed E-state index contributed by atoms with van der Waals surface area (Å²) < 4.78 is 12.9. The lowest BCUT2D eigenvalue weighted by atomic mass is 9.78. The van der Waals surface area contributed by atoms with E-state index in [1.54, 1.807) is 6.07 Å². The molecule has 1 aromatic rings. The number of hydrogen-bond acceptors (Lipinski definition) is 1. The second kappa shape index (κ2) is 2.72. The van der Waals surface area contributed by atoms with Crippen molar-refractivity contribution in [3.8, 4) is 0 Å². The standard InChI is InChI=1S/C11H14FN/c1-11(2)5-6-13-10-7-8(12)3-4-9(10)11/h3-4,7,13H,5-6H2,1-2H3. The SMILES string of the molecule is CC1(C)CCNc2cc(F)ccc21. The van der Waals surface area contributed by atoms with Gasteiger partial charge < -0.3 is 5.32 Å². The maximum atomic E-state index is 12.9. The highest BCUT2D eigenvalue weighted by atomic mass is 19.1. The maximum Gasteiger partial charge on any atom is 0.125 e. The van der Waals surface area contributed by atoms with E-state index < -0.39 is 0 Å². The van der Waals surface area contributed by atoms with Gasteiger partial charge in [-0.25, -0.2) is 4.39 Å². The monoisotopic (exact) mass is 179 g/mol. The van der Waals surface area contributed by atoms with Crippen molar-refractivity contribution in [1.82, 2.24) is 0 Å². The van der Waals surface area contributed by atoms with Gasteiger partial charge in [0.15, 0.2) is 0 Å². The van der Waals surface area contributed by atoms with Crippen molar-refractivity contribution in [2.75, 3.05) is 11.9 Å². The Bertz CT molecular complexity index is 331. The molecule has 0 bridgehead atoms. The zero-order valence-corrected chi connectivity index (χ0v) is 8.02. The van der Waals surface area contributed by atoms with Gasteiger partial charge in [0.25, 0.3) is 0 Å². The molecule has 0 aliphatic carbocycles. The largest absolute Gasteiger partial charge is 0.385 e. The first kappa shape index (κ1) is 8.54. The second-order valence-electron chi connectivity index (χ2n) is 4.25. The fourth-order valence-electron chi connectivity index (χ4n) is 1.90. The molecular weight excluding hydrogens is 165 g/mol. The smallest absolute Gasteiger partial charge is 0.125 e. The Labute approximate surface area is 78.0 Å². The van der Waals surface area contributed by atoms with E-state index in [0.29, 0.717) is 0 Å². The van der Waals surface area contributed by atoms with E-state index >= 15 is 0 Å². The number of rotatable bonds is 0. The Balaban J connectivity index is 2.53. The number of benzene rings is 1. The summed E-state index contributed by atoms with van der Waals surface area (Å²) in [5, 5.41) is 3.22. The molecule has 0 atom stereocenters. The molecule has 1 heterocycles. The van der Waals surface area contributed by atoms with E-state index in [0.717, 1.165) is 18.7 Å². The van der Waals surface area contributed by atoms with Crippen LogP contribution in [0.5, 0.6) is 0 Å². The molecule has 2 rings (SSSR count). The van der Waals surface area contributed by atoms with Crippen molar-refractivity contribution in [2.45, 2.75) is 25.7 Å². The van der Waals surface area contributed by atoms with Gasteiger partial charge >= 0.3 is 0 Å². The van der Waals surface area contributed by atoms with Crippen molar-refractivity contribution in [3.63, 3.8) is 0 Å². The van der Waals surface area contributed by atoms with Gasteiger partial charge in [-0.1, -0.05) is 19.9 Å². The zero-order chi connectivity index (χ0) is 9.47. The van der Waals surface area contributed by atoms with Crippen LogP contribution in [0.2, 0.25) is 0 Å².